The Labute approximate surface area is 86.3 Å². The molecule has 0 bridgehead atoms. The summed E-state index contributed by atoms with van der Waals surface area (Å²) in [6.45, 7) is 8.65. The molecule has 0 saturated carbocycles. The molecule has 0 aromatic carbocycles. The summed E-state index contributed by atoms with van der Waals surface area (Å²) < 4.78 is 5.03. The molecule has 0 aliphatic heterocycles. The Bertz CT molecular complexity index is 251. The van der Waals surface area contributed by atoms with Crippen molar-refractivity contribution in [1.82, 2.24) is 0 Å². The van der Waals surface area contributed by atoms with Gasteiger partial charge in [-0.2, -0.15) is 0 Å². The van der Waals surface area contributed by atoms with E-state index in [9.17, 15) is 4.79 Å². The molecule has 0 heterocycles. The summed E-state index contributed by atoms with van der Waals surface area (Å²) in [6.07, 6.45) is 2.32. The summed E-state index contributed by atoms with van der Waals surface area (Å²) in [5, 5.41) is 0. The first kappa shape index (κ1) is 11.3. The van der Waals surface area contributed by atoms with Crippen LogP contribution in [0.5, 0.6) is 0 Å². The molecular weight excluding hydrogens is 176 g/mol. The smallest absolute Gasteiger partial charge is 0.302 e. The fraction of sp³-hybridized carbons (Fsp3) is 0.750. The molecule has 0 N–H and O–H groups in total. The first-order chi connectivity index (χ1) is 6.52. The zero-order chi connectivity index (χ0) is 10.7. The molecule has 2 heteroatoms. The lowest BCUT2D eigenvalue weighted by Gasteiger charge is -2.15. The minimum absolute atomic E-state index is 0.182. The molecule has 1 aliphatic rings. The van der Waals surface area contributed by atoms with Crippen LogP contribution in [0, 0.1) is 11.8 Å². The van der Waals surface area contributed by atoms with Gasteiger partial charge in [-0.1, -0.05) is 19.4 Å². The summed E-state index contributed by atoms with van der Waals surface area (Å²) in [4.78, 5) is 10.7. The van der Waals surface area contributed by atoms with Crippen LogP contribution >= 0.6 is 0 Å². The molecule has 0 spiro atoms. The maximum absolute atomic E-state index is 10.7. The maximum atomic E-state index is 10.7. The average molecular weight is 196 g/mol. The van der Waals surface area contributed by atoms with E-state index in [2.05, 4.69) is 20.8 Å². The molecule has 0 radical (unpaired) electrons. The van der Waals surface area contributed by atoms with E-state index in [4.69, 9.17) is 4.74 Å². The third-order valence-electron chi connectivity index (χ3n) is 3.13. The van der Waals surface area contributed by atoms with Gasteiger partial charge in [0.25, 0.3) is 0 Å². The van der Waals surface area contributed by atoms with E-state index in [1.807, 2.05) is 0 Å². The Morgan fingerprint density at radius 1 is 1.57 bits per heavy atom. The van der Waals surface area contributed by atoms with Gasteiger partial charge >= 0.3 is 5.97 Å². The Morgan fingerprint density at radius 2 is 2.21 bits per heavy atom. The van der Waals surface area contributed by atoms with Gasteiger partial charge < -0.3 is 4.74 Å². The molecule has 2 nitrogen and oxygen atoms in total. The topological polar surface area (TPSA) is 26.3 Å². The van der Waals surface area contributed by atoms with Crippen LogP contribution in [0.25, 0.3) is 0 Å². The highest BCUT2D eigenvalue weighted by molar-refractivity contribution is 5.66. The number of rotatable bonds is 3. The van der Waals surface area contributed by atoms with E-state index < -0.39 is 0 Å². The maximum Gasteiger partial charge on any atom is 0.302 e. The highest BCUT2D eigenvalue weighted by Gasteiger charge is 2.24. The Balaban J connectivity index is 2.57. The van der Waals surface area contributed by atoms with Crippen LogP contribution in [0.3, 0.4) is 0 Å². The normalized spacial score (nSPS) is 21.9. The molecule has 0 aromatic rings. The standard InChI is InChI=1S/C12H20O2/c1-8(2)12-6-5-11(9(12)3)7-14-10(4)13/h8,12H,5-7H2,1-4H3/t12-/m0/s1. The van der Waals surface area contributed by atoms with E-state index in [1.165, 1.54) is 24.5 Å². The minimum Gasteiger partial charge on any atom is -0.461 e. The quantitative estimate of drug-likeness (QED) is 0.512. The number of ether oxygens (including phenoxy) is 1. The summed E-state index contributed by atoms with van der Waals surface area (Å²) in [7, 11) is 0. The fourth-order valence-electron chi connectivity index (χ4n) is 2.21. The van der Waals surface area contributed by atoms with Crippen LogP contribution in [0.15, 0.2) is 11.1 Å². The van der Waals surface area contributed by atoms with Crippen molar-refractivity contribution in [3.8, 4) is 0 Å². The lowest BCUT2D eigenvalue weighted by molar-refractivity contribution is -0.140. The number of hydrogen-bond acceptors (Lipinski definition) is 2. The van der Waals surface area contributed by atoms with E-state index >= 15 is 0 Å². The molecule has 0 saturated heterocycles. The molecule has 0 amide bonds. The van der Waals surface area contributed by atoms with Crippen molar-refractivity contribution < 1.29 is 9.53 Å². The van der Waals surface area contributed by atoms with Gasteiger partial charge in [0, 0.05) is 6.92 Å². The average Bonchev–Trinajstić information content (AvgIpc) is 2.43. The Morgan fingerprint density at radius 3 is 2.64 bits per heavy atom. The molecule has 1 atom stereocenters. The molecule has 0 fully saturated rings. The predicted molar refractivity (Wildman–Crippen MR) is 56.9 cm³/mol. The Kier molecular flexibility index (Phi) is 3.73. The number of allylic oxidation sites excluding steroid dienone is 1. The van der Waals surface area contributed by atoms with Crippen LogP contribution in [0.4, 0.5) is 0 Å². The van der Waals surface area contributed by atoms with Gasteiger partial charge in [-0.15, -0.1) is 0 Å². The van der Waals surface area contributed by atoms with Crippen molar-refractivity contribution in [2.45, 2.75) is 40.5 Å². The highest BCUT2D eigenvalue weighted by Crippen LogP contribution is 2.36. The monoisotopic (exact) mass is 196 g/mol. The largest absolute Gasteiger partial charge is 0.461 e. The SMILES string of the molecule is CC(=O)OCC1=C(C)[C@H](C(C)C)CC1. The van der Waals surface area contributed by atoms with E-state index in [0.29, 0.717) is 18.4 Å². The lowest BCUT2D eigenvalue weighted by atomic mass is 9.90. The molecule has 0 aromatic heterocycles. The first-order valence-corrected chi connectivity index (χ1v) is 5.34. The van der Waals surface area contributed by atoms with E-state index in [-0.39, 0.29) is 5.97 Å². The van der Waals surface area contributed by atoms with Gasteiger partial charge in [0.2, 0.25) is 0 Å². The number of hydrogen-bond donors (Lipinski definition) is 0. The third-order valence-corrected chi connectivity index (χ3v) is 3.13. The van der Waals surface area contributed by atoms with Gasteiger partial charge in [-0.25, -0.2) is 0 Å². The van der Waals surface area contributed by atoms with Crippen molar-refractivity contribution in [2.24, 2.45) is 11.8 Å². The van der Waals surface area contributed by atoms with Crippen LogP contribution in [-0.4, -0.2) is 12.6 Å². The molecule has 80 valence electrons. The summed E-state index contributed by atoms with van der Waals surface area (Å²) in [6, 6.07) is 0. The fourth-order valence-corrected chi connectivity index (χ4v) is 2.21. The van der Waals surface area contributed by atoms with E-state index in [0.717, 1.165) is 6.42 Å². The summed E-state index contributed by atoms with van der Waals surface area (Å²) in [5.41, 5.74) is 2.78. The van der Waals surface area contributed by atoms with Gasteiger partial charge in [-0.3, -0.25) is 4.79 Å². The number of carbonyl (C=O) groups excluding carboxylic acids is 1. The van der Waals surface area contributed by atoms with Crippen LogP contribution < -0.4 is 0 Å². The molecular formula is C12H20O2. The molecule has 1 rings (SSSR count). The van der Waals surface area contributed by atoms with Crippen LogP contribution in [0.2, 0.25) is 0 Å². The second-order valence-electron chi connectivity index (χ2n) is 4.46. The minimum atomic E-state index is -0.182. The Hall–Kier alpha value is -0.790. The van der Waals surface area contributed by atoms with Gasteiger partial charge in [-0.05, 0) is 37.2 Å². The first-order valence-electron chi connectivity index (χ1n) is 5.34. The lowest BCUT2D eigenvalue weighted by Crippen LogP contribution is -2.06. The van der Waals surface area contributed by atoms with Crippen LogP contribution in [0.1, 0.15) is 40.5 Å². The molecule has 0 unspecified atom stereocenters. The zero-order valence-electron chi connectivity index (χ0n) is 9.59. The van der Waals surface area contributed by atoms with Crippen LogP contribution in [-0.2, 0) is 9.53 Å². The third kappa shape index (κ3) is 2.60. The van der Waals surface area contributed by atoms with Crippen molar-refractivity contribution in [3.05, 3.63) is 11.1 Å². The summed E-state index contributed by atoms with van der Waals surface area (Å²) >= 11 is 0. The second-order valence-corrected chi connectivity index (χ2v) is 4.46. The van der Waals surface area contributed by atoms with Crippen molar-refractivity contribution in [2.75, 3.05) is 6.61 Å². The van der Waals surface area contributed by atoms with Crippen molar-refractivity contribution in [3.63, 3.8) is 0 Å². The molecule has 1 aliphatic carbocycles. The van der Waals surface area contributed by atoms with E-state index in [1.54, 1.807) is 0 Å². The van der Waals surface area contributed by atoms with Gasteiger partial charge in [0.15, 0.2) is 0 Å². The summed E-state index contributed by atoms with van der Waals surface area (Å²) in [5.74, 6) is 1.21. The van der Waals surface area contributed by atoms with Crippen molar-refractivity contribution in [1.29, 1.82) is 0 Å². The predicted octanol–water partition coefficient (Wildman–Crippen LogP) is 2.93. The number of carbonyl (C=O) groups is 1. The zero-order valence-corrected chi connectivity index (χ0v) is 9.59. The second kappa shape index (κ2) is 4.63. The number of esters is 1. The van der Waals surface area contributed by atoms with Gasteiger partial charge in [0.05, 0.1) is 0 Å². The van der Waals surface area contributed by atoms with Gasteiger partial charge in [0.1, 0.15) is 6.61 Å². The highest BCUT2D eigenvalue weighted by atomic mass is 16.5. The van der Waals surface area contributed by atoms with Crippen molar-refractivity contribution >= 4 is 5.97 Å². The molecule has 14 heavy (non-hydrogen) atoms.